The van der Waals surface area contributed by atoms with Crippen molar-refractivity contribution in [3.63, 3.8) is 0 Å². The van der Waals surface area contributed by atoms with Crippen LogP contribution in [-0.4, -0.2) is 15.3 Å². The van der Waals surface area contributed by atoms with Gasteiger partial charge in [0.2, 0.25) is 0 Å². The molecule has 1 N–H and O–H groups in total. The number of imidazole rings is 1. The van der Waals surface area contributed by atoms with Crippen molar-refractivity contribution in [1.29, 1.82) is 0 Å². The number of nitrogens with one attached hydrogen (secondary N) is 1. The Hall–Kier alpha value is -3.12. The monoisotopic (exact) mass is 377 g/mol. The van der Waals surface area contributed by atoms with E-state index in [1.165, 1.54) is 12.1 Å². The van der Waals surface area contributed by atoms with Gasteiger partial charge in [0.05, 0.1) is 5.69 Å². The highest BCUT2D eigenvalue weighted by Gasteiger charge is 2.07. The van der Waals surface area contributed by atoms with Crippen LogP contribution in [-0.2, 0) is 5.75 Å². The summed E-state index contributed by atoms with van der Waals surface area (Å²) in [5, 5.41) is 2.69. The molecule has 0 radical (unpaired) electrons. The molecule has 0 atom stereocenters. The van der Waals surface area contributed by atoms with E-state index >= 15 is 0 Å². The summed E-state index contributed by atoms with van der Waals surface area (Å²) in [6.45, 7) is 0. The van der Waals surface area contributed by atoms with Crippen molar-refractivity contribution in [3.8, 4) is 0 Å². The van der Waals surface area contributed by atoms with Gasteiger partial charge in [0.25, 0.3) is 5.91 Å². The van der Waals surface area contributed by atoms with E-state index in [9.17, 15) is 9.18 Å². The number of nitrogens with zero attached hydrogens (tertiary/aromatic N) is 2. The highest BCUT2D eigenvalue weighted by molar-refractivity contribution is 7.98. The van der Waals surface area contributed by atoms with Gasteiger partial charge < -0.3 is 9.72 Å². The van der Waals surface area contributed by atoms with Gasteiger partial charge in [0, 0.05) is 34.3 Å². The van der Waals surface area contributed by atoms with Gasteiger partial charge in [-0.05, 0) is 54.6 Å². The van der Waals surface area contributed by atoms with Crippen molar-refractivity contribution in [2.75, 3.05) is 5.32 Å². The van der Waals surface area contributed by atoms with Gasteiger partial charge in [-0.15, -0.1) is 11.8 Å². The molecule has 4 rings (SSSR count). The Labute approximate surface area is 160 Å². The molecule has 134 valence electrons. The topological polar surface area (TPSA) is 46.4 Å². The minimum atomic E-state index is -0.383. The molecule has 0 spiro atoms. The molecular formula is C21H16FN3OS. The Morgan fingerprint density at radius 1 is 1.07 bits per heavy atom. The van der Waals surface area contributed by atoms with Crippen LogP contribution in [0.5, 0.6) is 0 Å². The summed E-state index contributed by atoms with van der Waals surface area (Å²) in [6, 6.07) is 19.1. The molecule has 2 aromatic heterocycles. The van der Waals surface area contributed by atoms with E-state index in [1.54, 1.807) is 36.0 Å². The maximum atomic E-state index is 13.2. The van der Waals surface area contributed by atoms with Gasteiger partial charge in [0.1, 0.15) is 11.5 Å². The third-order valence-electron chi connectivity index (χ3n) is 4.00. The number of halogens is 1. The molecule has 0 saturated heterocycles. The lowest BCUT2D eigenvalue weighted by Gasteiger charge is -2.06. The van der Waals surface area contributed by atoms with E-state index in [4.69, 9.17) is 0 Å². The summed E-state index contributed by atoms with van der Waals surface area (Å²) in [6.07, 6.45) is 3.99. The van der Waals surface area contributed by atoms with Gasteiger partial charge in [-0.1, -0.05) is 12.1 Å². The minimum absolute atomic E-state index is 0.266. The van der Waals surface area contributed by atoms with Gasteiger partial charge in [-0.2, -0.15) is 0 Å². The zero-order valence-electron chi connectivity index (χ0n) is 14.3. The third-order valence-corrected chi connectivity index (χ3v) is 5.05. The second-order valence-electron chi connectivity index (χ2n) is 5.98. The first-order valence-electron chi connectivity index (χ1n) is 8.40. The van der Waals surface area contributed by atoms with Crippen molar-refractivity contribution in [2.24, 2.45) is 0 Å². The van der Waals surface area contributed by atoms with Crippen LogP contribution >= 0.6 is 11.8 Å². The first-order valence-corrected chi connectivity index (χ1v) is 9.38. The molecule has 2 aromatic carbocycles. The predicted molar refractivity (Wildman–Crippen MR) is 106 cm³/mol. The summed E-state index contributed by atoms with van der Waals surface area (Å²) in [5.41, 5.74) is 2.89. The molecule has 0 aliphatic carbocycles. The molecule has 0 bridgehead atoms. The Morgan fingerprint density at radius 3 is 2.70 bits per heavy atom. The molecule has 1 amide bonds. The van der Waals surface area contributed by atoms with E-state index in [0.717, 1.165) is 22.0 Å². The van der Waals surface area contributed by atoms with E-state index < -0.39 is 0 Å². The van der Waals surface area contributed by atoms with Crippen LogP contribution in [0.3, 0.4) is 0 Å². The van der Waals surface area contributed by atoms with Gasteiger partial charge in [0.15, 0.2) is 0 Å². The van der Waals surface area contributed by atoms with Gasteiger partial charge >= 0.3 is 0 Å². The molecule has 6 heteroatoms. The van der Waals surface area contributed by atoms with E-state index in [2.05, 4.69) is 10.3 Å². The van der Waals surface area contributed by atoms with Crippen LogP contribution in [0, 0.1) is 5.82 Å². The highest BCUT2D eigenvalue weighted by atomic mass is 32.2. The zero-order valence-corrected chi connectivity index (χ0v) is 15.1. The highest BCUT2D eigenvalue weighted by Crippen LogP contribution is 2.23. The van der Waals surface area contributed by atoms with Crippen molar-refractivity contribution in [3.05, 3.63) is 96.2 Å². The molecule has 0 fully saturated rings. The number of aromatic nitrogens is 2. The zero-order chi connectivity index (χ0) is 18.6. The fourth-order valence-corrected chi connectivity index (χ4v) is 3.47. The lowest BCUT2D eigenvalue weighted by Crippen LogP contribution is -2.11. The number of rotatable bonds is 5. The minimum Gasteiger partial charge on any atom is -0.322 e. The fraction of sp³-hybridized carbons (Fsp3) is 0.0476. The molecule has 2 heterocycles. The van der Waals surface area contributed by atoms with Crippen LogP contribution in [0.15, 0.2) is 84.0 Å². The summed E-state index contributed by atoms with van der Waals surface area (Å²) in [4.78, 5) is 17.9. The lowest BCUT2D eigenvalue weighted by molar-refractivity contribution is 0.102. The first-order chi connectivity index (χ1) is 13.2. The number of carbonyl (C=O) groups is 1. The fourth-order valence-electron chi connectivity index (χ4n) is 2.69. The molecule has 0 unspecified atom stereocenters. The number of hydrogen-bond acceptors (Lipinski definition) is 3. The Kier molecular flexibility index (Phi) is 4.89. The number of benzene rings is 2. The van der Waals surface area contributed by atoms with Gasteiger partial charge in [-0.25, -0.2) is 9.37 Å². The summed E-state index contributed by atoms with van der Waals surface area (Å²) < 4.78 is 15.2. The van der Waals surface area contributed by atoms with Crippen LogP contribution in [0.25, 0.3) is 5.65 Å². The average Bonchev–Trinajstić information content (AvgIpc) is 3.10. The van der Waals surface area contributed by atoms with Crippen LogP contribution in [0.2, 0.25) is 0 Å². The largest absolute Gasteiger partial charge is 0.322 e. The van der Waals surface area contributed by atoms with Gasteiger partial charge in [-0.3, -0.25) is 4.79 Å². The van der Waals surface area contributed by atoms with Crippen LogP contribution < -0.4 is 5.32 Å². The maximum Gasteiger partial charge on any atom is 0.255 e. The molecule has 27 heavy (non-hydrogen) atoms. The number of hydrogen-bond donors (Lipinski definition) is 1. The molecule has 4 aromatic rings. The molecular weight excluding hydrogens is 361 g/mol. The standard InChI is InChI=1S/C21H16FN3OS/c22-16-4-3-5-17(12-16)24-21(26)15-7-9-19(10-8-15)27-14-18-13-25-11-2-1-6-20(25)23-18/h1-13H,14H2,(H,24,26). The summed E-state index contributed by atoms with van der Waals surface area (Å²) in [5.74, 6) is 0.0975. The molecule has 0 aliphatic rings. The third kappa shape index (κ3) is 4.17. The molecule has 0 aliphatic heterocycles. The predicted octanol–water partition coefficient (Wildman–Crippen LogP) is 5.02. The van der Waals surface area contributed by atoms with Crippen LogP contribution in [0.1, 0.15) is 16.1 Å². The number of carbonyl (C=O) groups excluding carboxylic acids is 1. The Balaban J connectivity index is 1.38. The molecule has 4 nitrogen and oxygen atoms in total. The Morgan fingerprint density at radius 2 is 1.93 bits per heavy atom. The maximum absolute atomic E-state index is 13.2. The summed E-state index contributed by atoms with van der Waals surface area (Å²) in [7, 11) is 0. The quantitative estimate of drug-likeness (QED) is 0.497. The SMILES string of the molecule is O=C(Nc1cccc(F)c1)c1ccc(SCc2cn3ccccc3n2)cc1. The number of amides is 1. The van der Waals surface area contributed by atoms with E-state index in [0.29, 0.717) is 11.3 Å². The first kappa shape index (κ1) is 17.3. The summed E-state index contributed by atoms with van der Waals surface area (Å²) >= 11 is 1.66. The van der Waals surface area contributed by atoms with Crippen molar-refractivity contribution in [2.45, 2.75) is 10.6 Å². The van der Waals surface area contributed by atoms with Crippen molar-refractivity contribution in [1.82, 2.24) is 9.38 Å². The van der Waals surface area contributed by atoms with E-state index in [-0.39, 0.29) is 11.7 Å². The number of pyridine rings is 1. The number of thioether (sulfide) groups is 1. The Bertz CT molecular complexity index is 1060. The number of anilines is 1. The lowest BCUT2D eigenvalue weighted by atomic mass is 10.2. The van der Waals surface area contributed by atoms with Crippen LogP contribution in [0.4, 0.5) is 10.1 Å². The second kappa shape index (κ2) is 7.63. The number of fused-ring (bicyclic) bond motifs is 1. The van der Waals surface area contributed by atoms with Crippen molar-refractivity contribution >= 4 is 29.0 Å². The second-order valence-corrected chi connectivity index (χ2v) is 7.02. The normalized spacial score (nSPS) is 10.9. The van der Waals surface area contributed by atoms with Crippen molar-refractivity contribution < 1.29 is 9.18 Å². The average molecular weight is 377 g/mol. The molecule has 0 saturated carbocycles. The van der Waals surface area contributed by atoms with E-state index in [1.807, 2.05) is 47.1 Å². The smallest absolute Gasteiger partial charge is 0.255 e.